The molecule has 0 bridgehead atoms. The quantitative estimate of drug-likeness (QED) is 0.816. The number of pyridine rings is 1. The molecule has 1 saturated carbocycles. The zero-order valence-corrected chi connectivity index (χ0v) is 14.3. The second kappa shape index (κ2) is 6.45. The van der Waals surface area contributed by atoms with Gasteiger partial charge in [0.15, 0.2) is 0 Å². The summed E-state index contributed by atoms with van der Waals surface area (Å²) in [5, 5.41) is 0.711. The summed E-state index contributed by atoms with van der Waals surface area (Å²) in [5.41, 5.74) is 0.531. The van der Waals surface area contributed by atoms with Crippen LogP contribution in [0, 0.1) is 5.92 Å². The van der Waals surface area contributed by atoms with Gasteiger partial charge in [-0.25, -0.2) is 0 Å². The molecule has 4 rings (SSSR count). The molecular weight excluding hydrogens is 343 g/mol. The van der Waals surface area contributed by atoms with Crippen LogP contribution in [0.3, 0.4) is 0 Å². The number of fused-ring (bicyclic) bond motifs is 1. The van der Waals surface area contributed by atoms with E-state index in [1.165, 1.54) is 6.07 Å². The van der Waals surface area contributed by atoms with Crippen molar-refractivity contribution in [2.45, 2.75) is 25.4 Å². The van der Waals surface area contributed by atoms with Crippen molar-refractivity contribution in [1.82, 2.24) is 9.88 Å². The van der Waals surface area contributed by atoms with Gasteiger partial charge in [0.05, 0.1) is 11.1 Å². The molecule has 2 fully saturated rings. The van der Waals surface area contributed by atoms with E-state index in [0.29, 0.717) is 24.0 Å². The van der Waals surface area contributed by atoms with E-state index in [0.717, 1.165) is 50.2 Å². The van der Waals surface area contributed by atoms with E-state index >= 15 is 0 Å². The summed E-state index contributed by atoms with van der Waals surface area (Å²) in [6, 6.07) is 5.54. The highest BCUT2D eigenvalue weighted by Gasteiger charge is 2.34. The number of hydrogen-bond acceptors (Lipinski definition) is 3. The van der Waals surface area contributed by atoms with Crippen molar-refractivity contribution in [2.75, 3.05) is 31.1 Å². The zero-order valence-electron chi connectivity index (χ0n) is 14.3. The fourth-order valence-corrected chi connectivity index (χ4v) is 3.55. The third-order valence-corrected chi connectivity index (χ3v) is 5.12. The summed E-state index contributed by atoms with van der Waals surface area (Å²) in [4.78, 5) is 20.5. The summed E-state index contributed by atoms with van der Waals surface area (Å²) in [6.45, 7) is 2.85. The molecule has 138 valence electrons. The molecule has 4 nitrogen and oxygen atoms in total. The summed E-state index contributed by atoms with van der Waals surface area (Å²) in [7, 11) is 0. The van der Waals surface area contributed by atoms with Crippen molar-refractivity contribution in [1.29, 1.82) is 0 Å². The topological polar surface area (TPSA) is 36.4 Å². The Bertz CT molecular complexity index is 832. The van der Waals surface area contributed by atoms with Crippen LogP contribution in [0.15, 0.2) is 30.5 Å². The molecular formula is C19H20F3N3O. The second-order valence-corrected chi connectivity index (χ2v) is 7.00. The standard InChI is InChI=1S/C19H20F3N3O/c20-19(21,22)14-4-5-15-16(12-14)23-7-6-17(15)24-8-1-9-25(11-10-24)18(26)13-2-3-13/h4-7,12-13H,1-3,8-11H2. The molecule has 0 radical (unpaired) electrons. The summed E-state index contributed by atoms with van der Waals surface area (Å²) in [5.74, 6) is 0.463. The number of carbonyl (C=O) groups excluding carboxylic acids is 1. The Labute approximate surface area is 149 Å². The molecule has 0 spiro atoms. The van der Waals surface area contributed by atoms with Gasteiger partial charge in [-0.1, -0.05) is 6.07 Å². The molecule has 0 unspecified atom stereocenters. The van der Waals surface area contributed by atoms with Crippen molar-refractivity contribution >= 4 is 22.5 Å². The third kappa shape index (κ3) is 3.34. The summed E-state index contributed by atoms with van der Waals surface area (Å²) in [6.07, 6.45) is 0.0159. The van der Waals surface area contributed by atoms with Crippen LogP contribution in [-0.4, -0.2) is 42.0 Å². The van der Waals surface area contributed by atoms with Crippen molar-refractivity contribution in [3.8, 4) is 0 Å². The maximum absolute atomic E-state index is 12.9. The molecule has 1 amide bonds. The van der Waals surface area contributed by atoms with Gasteiger partial charge in [-0.3, -0.25) is 9.78 Å². The fourth-order valence-electron chi connectivity index (χ4n) is 3.55. The van der Waals surface area contributed by atoms with Gasteiger partial charge in [-0.2, -0.15) is 13.2 Å². The lowest BCUT2D eigenvalue weighted by atomic mass is 10.1. The molecule has 1 aliphatic heterocycles. The molecule has 2 aromatic rings. The molecule has 1 aromatic heterocycles. The molecule has 26 heavy (non-hydrogen) atoms. The average molecular weight is 363 g/mol. The first-order valence-electron chi connectivity index (χ1n) is 8.93. The average Bonchev–Trinajstić information content (AvgIpc) is 3.46. The highest BCUT2D eigenvalue weighted by atomic mass is 19.4. The van der Waals surface area contributed by atoms with E-state index in [1.807, 2.05) is 11.0 Å². The molecule has 1 saturated heterocycles. The third-order valence-electron chi connectivity index (χ3n) is 5.12. The van der Waals surface area contributed by atoms with E-state index in [-0.39, 0.29) is 11.8 Å². The first-order chi connectivity index (χ1) is 12.4. The number of aromatic nitrogens is 1. The Hall–Kier alpha value is -2.31. The molecule has 0 N–H and O–H groups in total. The Balaban J connectivity index is 1.59. The van der Waals surface area contributed by atoms with Crippen molar-refractivity contribution < 1.29 is 18.0 Å². The largest absolute Gasteiger partial charge is 0.416 e. The van der Waals surface area contributed by atoms with E-state index in [4.69, 9.17) is 0 Å². The minimum Gasteiger partial charge on any atom is -0.369 e. The number of anilines is 1. The van der Waals surface area contributed by atoms with Crippen molar-refractivity contribution in [3.63, 3.8) is 0 Å². The van der Waals surface area contributed by atoms with E-state index in [1.54, 1.807) is 6.20 Å². The van der Waals surface area contributed by atoms with Gasteiger partial charge >= 0.3 is 6.18 Å². The Morgan fingerprint density at radius 1 is 1.08 bits per heavy atom. The van der Waals surface area contributed by atoms with Crippen LogP contribution in [0.5, 0.6) is 0 Å². The summed E-state index contributed by atoms with van der Waals surface area (Å²) < 4.78 is 38.8. The Morgan fingerprint density at radius 2 is 1.88 bits per heavy atom. The minimum atomic E-state index is -4.38. The fraction of sp³-hybridized carbons (Fsp3) is 0.474. The van der Waals surface area contributed by atoms with Crippen LogP contribution in [0.4, 0.5) is 18.9 Å². The Kier molecular flexibility index (Phi) is 4.25. The molecule has 2 aliphatic rings. The van der Waals surface area contributed by atoms with Crippen LogP contribution in [0.2, 0.25) is 0 Å². The van der Waals surface area contributed by atoms with Crippen LogP contribution in [0.1, 0.15) is 24.8 Å². The highest BCUT2D eigenvalue weighted by molar-refractivity contribution is 5.92. The van der Waals surface area contributed by atoms with Crippen LogP contribution in [0.25, 0.3) is 10.9 Å². The molecule has 1 aliphatic carbocycles. The smallest absolute Gasteiger partial charge is 0.369 e. The predicted octanol–water partition coefficient (Wildman–Crippen LogP) is 3.70. The molecule has 1 aromatic carbocycles. The number of amides is 1. The van der Waals surface area contributed by atoms with Crippen LogP contribution in [-0.2, 0) is 11.0 Å². The van der Waals surface area contributed by atoms with Gasteiger partial charge in [0.25, 0.3) is 0 Å². The number of benzene rings is 1. The maximum atomic E-state index is 12.9. The van der Waals surface area contributed by atoms with E-state index < -0.39 is 11.7 Å². The van der Waals surface area contributed by atoms with Gasteiger partial charge in [0.2, 0.25) is 5.91 Å². The van der Waals surface area contributed by atoms with Gasteiger partial charge in [0, 0.05) is 49.4 Å². The van der Waals surface area contributed by atoms with E-state index in [2.05, 4.69) is 9.88 Å². The van der Waals surface area contributed by atoms with Crippen LogP contribution >= 0.6 is 0 Å². The number of rotatable bonds is 2. The van der Waals surface area contributed by atoms with Gasteiger partial charge in [-0.05, 0) is 37.5 Å². The lowest BCUT2D eigenvalue weighted by Gasteiger charge is -2.25. The lowest BCUT2D eigenvalue weighted by molar-refractivity contribution is -0.137. The first kappa shape index (κ1) is 17.1. The summed E-state index contributed by atoms with van der Waals surface area (Å²) >= 11 is 0. The number of alkyl halides is 3. The van der Waals surface area contributed by atoms with Gasteiger partial charge < -0.3 is 9.80 Å². The van der Waals surface area contributed by atoms with Gasteiger partial charge in [-0.15, -0.1) is 0 Å². The number of halogens is 3. The van der Waals surface area contributed by atoms with Crippen molar-refractivity contribution in [2.24, 2.45) is 5.92 Å². The number of nitrogens with zero attached hydrogens (tertiary/aromatic N) is 3. The molecule has 0 atom stereocenters. The van der Waals surface area contributed by atoms with E-state index in [9.17, 15) is 18.0 Å². The lowest BCUT2D eigenvalue weighted by Crippen LogP contribution is -2.36. The monoisotopic (exact) mass is 363 g/mol. The maximum Gasteiger partial charge on any atom is 0.416 e. The zero-order chi connectivity index (χ0) is 18.3. The van der Waals surface area contributed by atoms with Gasteiger partial charge in [0.1, 0.15) is 0 Å². The number of carbonyl (C=O) groups is 1. The molecule has 2 heterocycles. The first-order valence-corrected chi connectivity index (χ1v) is 8.93. The molecule has 7 heteroatoms. The SMILES string of the molecule is O=C(C1CC1)N1CCCN(c2ccnc3cc(C(F)(F)F)ccc23)CC1. The predicted molar refractivity (Wildman–Crippen MR) is 92.9 cm³/mol. The number of hydrogen-bond donors (Lipinski definition) is 0. The normalized spacial score (nSPS) is 18.9. The minimum absolute atomic E-state index is 0.212. The highest BCUT2D eigenvalue weighted by Crippen LogP contribution is 2.34. The second-order valence-electron chi connectivity index (χ2n) is 7.00. The van der Waals surface area contributed by atoms with Crippen molar-refractivity contribution in [3.05, 3.63) is 36.0 Å². The Morgan fingerprint density at radius 3 is 2.62 bits per heavy atom. The van der Waals surface area contributed by atoms with Crippen LogP contribution < -0.4 is 4.90 Å².